The molecule has 0 spiro atoms. The molecule has 0 unspecified atom stereocenters. The highest BCUT2D eigenvalue weighted by atomic mass is 16.5. The lowest BCUT2D eigenvalue weighted by atomic mass is 9.84. The third-order valence-corrected chi connectivity index (χ3v) is 6.50. The summed E-state index contributed by atoms with van der Waals surface area (Å²) >= 11 is 0. The second kappa shape index (κ2) is 9.49. The zero-order chi connectivity index (χ0) is 22.6. The van der Waals surface area contributed by atoms with Crippen LogP contribution in [0.25, 0.3) is 22.4 Å². The van der Waals surface area contributed by atoms with Crippen LogP contribution in [-0.2, 0) is 4.79 Å². The molecule has 5 heteroatoms. The monoisotopic (exact) mass is 439 g/mol. The van der Waals surface area contributed by atoms with Crippen molar-refractivity contribution in [1.82, 2.24) is 9.97 Å². The molecule has 0 atom stereocenters. The normalized spacial score (nSPS) is 14.3. The molecule has 0 aliphatic heterocycles. The third kappa shape index (κ3) is 4.92. The molecule has 5 rings (SSSR count). The van der Waals surface area contributed by atoms with Gasteiger partial charge in [0.1, 0.15) is 11.6 Å². The van der Waals surface area contributed by atoms with E-state index in [1.165, 1.54) is 37.7 Å². The van der Waals surface area contributed by atoms with E-state index in [4.69, 9.17) is 4.74 Å². The lowest BCUT2D eigenvalue weighted by Gasteiger charge is -2.22. The quantitative estimate of drug-likeness (QED) is 0.355. The fourth-order valence-electron chi connectivity index (χ4n) is 4.60. The van der Waals surface area contributed by atoms with E-state index in [2.05, 4.69) is 27.4 Å². The zero-order valence-corrected chi connectivity index (χ0v) is 18.9. The van der Waals surface area contributed by atoms with Crippen molar-refractivity contribution in [3.05, 3.63) is 77.9 Å². The number of carbonyl (C=O) groups is 1. The van der Waals surface area contributed by atoms with Crippen LogP contribution in [0.15, 0.2) is 66.7 Å². The maximum Gasteiger partial charge on any atom is 0.262 e. The van der Waals surface area contributed by atoms with Crippen LogP contribution < -0.4 is 10.1 Å². The van der Waals surface area contributed by atoms with E-state index in [1.54, 1.807) is 0 Å². The highest BCUT2D eigenvalue weighted by molar-refractivity contribution is 5.93. The van der Waals surface area contributed by atoms with Crippen molar-refractivity contribution in [3.63, 3.8) is 0 Å². The average Bonchev–Trinajstić information content (AvgIpc) is 3.29. The Morgan fingerprint density at radius 3 is 2.61 bits per heavy atom. The van der Waals surface area contributed by atoms with Gasteiger partial charge in [-0.25, -0.2) is 4.98 Å². The molecular formula is C28H29N3O2. The summed E-state index contributed by atoms with van der Waals surface area (Å²) in [6, 6.07) is 22.1. The molecule has 4 aromatic rings. The summed E-state index contributed by atoms with van der Waals surface area (Å²) in [6.07, 6.45) is 6.54. The molecule has 1 aromatic heterocycles. The number of carbonyl (C=O) groups excluding carboxylic acids is 1. The number of ether oxygens (including phenoxy) is 1. The molecule has 5 nitrogen and oxygen atoms in total. The summed E-state index contributed by atoms with van der Waals surface area (Å²) in [4.78, 5) is 20.6. The van der Waals surface area contributed by atoms with Crippen molar-refractivity contribution in [1.29, 1.82) is 0 Å². The number of hydrogen-bond donors (Lipinski definition) is 2. The van der Waals surface area contributed by atoms with Gasteiger partial charge in [-0.2, -0.15) is 0 Å². The van der Waals surface area contributed by atoms with E-state index < -0.39 is 0 Å². The Balaban J connectivity index is 1.22. The number of benzene rings is 3. The molecule has 1 aliphatic carbocycles. The van der Waals surface area contributed by atoms with Crippen molar-refractivity contribution >= 4 is 22.6 Å². The van der Waals surface area contributed by atoms with Crippen LogP contribution in [0.3, 0.4) is 0 Å². The molecule has 33 heavy (non-hydrogen) atoms. The molecule has 1 amide bonds. The van der Waals surface area contributed by atoms with Crippen LogP contribution in [0, 0.1) is 6.92 Å². The molecular weight excluding hydrogens is 410 g/mol. The molecule has 1 aliphatic rings. The molecule has 1 heterocycles. The molecule has 2 N–H and O–H groups in total. The third-order valence-electron chi connectivity index (χ3n) is 6.50. The molecule has 168 valence electrons. The van der Waals surface area contributed by atoms with Crippen molar-refractivity contribution in [3.8, 4) is 17.1 Å². The van der Waals surface area contributed by atoms with Gasteiger partial charge in [-0.05, 0) is 67.1 Å². The Hall–Kier alpha value is -3.60. The summed E-state index contributed by atoms with van der Waals surface area (Å²) in [5.74, 6) is 1.98. The Morgan fingerprint density at radius 1 is 1.03 bits per heavy atom. The smallest absolute Gasteiger partial charge is 0.262 e. The number of aromatic nitrogens is 2. The van der Waals surface area contributed by atoms with Crippen molar-refractivity contribution in [2.24, 2.45) is 0 Å². The number of rotatable bonds is 6. The van der Waals surface area contributed by atoms with Gasteiger partial charge in [0.2, 0.25) is 0 Å². The zero-order valence-electron chi connectivity index (χ0n) is 18.9. The summed E-state index contributed by atoms with van der Waals surface area (Å²) in [6.45, 7) is 1.94. The first-order chi connectivity index (χ1) is 16.2. The van der Waals surface area contributed by atoms with E-state index >= 15 is 0 Å². The summed E-state index contributed by atoms with van der Waals surface area (Å²) in [7, 11) is 0. The number of imidazole rings is 1. The van der Waals surface area contributed by atoms with E-state index in [0.717, 1.165) is 39.4 Å². The lowest BCUT2D eigenvalue weighted by molar-refractivity contribution is -0.118. The van der Waals surface area contributed by atoms with E-state index in [1.807, 2.05) is 61.5 Å². The predicted molar refractivity (Wildman–Crippen MR) is 133 cm³/mol. The second-order valence-electron chi connectivity index (χ2n) is 8.87. The second-order valence-corrected chi connectivity index (χ2v) is 8.87. The SMILES string of the molecule is Cc1ccc(-c2nc3ccccc3[nH]2)cc1NC(=O)COc1ccc(C2CCCCC2)cc1. The summed E-state index contributed by atoms with van der Waals surface area (Å²) in [5.41, 5.74) is 5.95. The number of nitrogens with one attached hydrogen (secondary N) is 2. The minimum atomic E-state index is -0.184. The Bertz CT molecular complexity index is 1220. The summed E-state index contributed by atoms with van der Waals surface area (Å²) in [5, 5.41) is 2.98. The minimum Gasteiger partial charge on any atom is -0.484 e. The van der Waals surface area contributed by atoms with Crippen LogP contribution in [0.4, 0.5) is 5.69 Å². The van der Waals surface area contributed by atoms with Crippen molar-refractivity contribution < 1.29 is 9.53 Å². The van der Waals surface area contributed by atoms with Gasteiger partial charge in [-0.3, -0.25) is 4.79 Å². The fourth-order valence-corrected chi connectivity index (χ4v) is 4.60. The van der Waals surface area contributed by atoms with Gasteiger partial charge >= 0.3 is 0 Å². The Labute approximate surface area is 194 Å². The maximum absolute atomic E-state index is 12.6. The number of H-pyrrole nitrogens is 1. The van der Waals surface area contributed by atoms with Crippen molar-refractivity contribution in [2.75, 3.05) is 11.9 Å². The molecule has 0 radical (unpaired) electrons. The number of aromatic amines is 1. The van der Waals surface area contributed by atoms with Crippen molar-refractivity contribution in [2.45, 2.75) is 44.9 Å². The van der Waals surface area contributed by atoms with Crippen LogP contribution in [0.5, 0.6) is 5.75 Å². The van der Waals surface area contributed by atoms with Gasteiger partial charge in [0.15, 0.2) is 6.61 Å². The summed E-state index contributed by atoms with van der Waals surface area (Å²) < 4.78 is 5.75. The van der Waals surface area contributed by atoms with Crippen LogP contribution in [-0.4, -0.2) is 22.5 Å². The van der Waals surface area contributed by atoms with Crippen LogP contribution in [0.2, 0.25) is 0 Å². The maximum atomic E-state index is 12.6. The molecule has 0 bridgehead atoms. The van der Waals surface area contributed by atoms with Gasteiger partial charge in [0, 0.05) is 11.3 Å². The van der Waals surface area contributed by atoms with Gasteiger partial charge < -0.3 is 15.0 Å². The first-order valence-corrected chi connectivity index (χ1v) is 11.7. The van der Waals surface area contributed by atoms with E-state index in [0.29, 0.717) is 5.92 Å². The van der Waals surface area contributed by atoms with Gasteiger partial charge in [-0.1, -0.05) is 55.7 Å². The minimum absolute atomic E-state index is 0.0307. The standard InChI is InChI=1S/C28H29N3O2/c1-19-11-12-22(28-30-24-9-5-6-10-25(24)31-28)17-26(19)29-27(32)18-33-23-15-13-21(14-16-23)20-7-3-2-4-8-20/h5-6,9-17,20H,2-4,7-8,18H2,1H3,(H,29,32)(H,30,31). The Kier molecular flexibility index (Phi) is 6.11. The van der Waals surface area contributed by atoms with Crippen LogP contribution in [0.1, 0.15) is 49.1 Å². The molecule has 3 aromatic carbocycles. The number of amides is 1. The lowest BCUT2D eigenvalue weighted by Crippen LogP contribution is -2.20. The van der Waals surface area contributed by atoms with E-state index in [-0.39, 0.29) is 12.5 Å². The van der Waals surface area contributed by atoms with Gasteiger partial charge in [0.05, 0.1) is 11.0 Å². The number of nitrogens with zero attached hydrogens (tertiary/aromatic N) is 1. The Morgan fingerprint density at radius 2 is 1.82 bits per heavy atom. The molecule has 1 saturated carbocycles. The highest BCUT2D eigenvalue weighted by Crippen LogP contribution is 2.33. The topological polar surface area (TPSA) is 67.0 Å². The first kappa shape index (κ1) is 21.3. The number of hydrogen-bond acceptors (Lipinski definition) is 3. The number of para-hydroxylation sites is 2. The highest BCUT2D eigenvalue weighted by Gasteiger charge is 2.15. The van der Waals surface area contributed by atoms with Gasteiger partial charge in [-0.15, -0.1) is 0 Å². The number of fused-ring (bicyclic) bond motifs is 1. The average molecular weight is 440 g/mol. The number of anilines is 1. The number of aryl methyl sites for hydroxylation is 1. The largest absolute Gasteiger partial charge is 0.484 e. The van der Waals surface area contributed by atoms with Crippen LogP contribution >= 0.6 is 0 Å². The van der Waals surface area contributed by atoms with Gasteiger partial charge in [0.25, 0.3) is 5.91 Å². The predicted octanol–water partition coefficient (Wildman–Crippen LogP) is 6.60. The molecule has 1 fully saturated rings. The van der Waals surface area contributed by atoms with E-state index in [9.17, 15) is 4.79 Å². The fraction of sp³-hybridized carbons (Fsp3) is 0.286. The molecule has 0 saturated heterocycles. The first-order valence-electron chi connectivity index (χ1n) is 11.7.